The number of hydrogen-bond donors (Lipinski definition) is 1. The molecule has 3 aromatic rings. The molecule has 39 heavy (non-hydrogen) atoms. The number of rotatable bonds is 8. The molecule has 1 aliphatic heterocycles. The second-order valence-corrected chi connectivity index (χ2v) is 13.0. The Balaban J connectivity index is 1.41. The molecule has 1 aliphatic rings. The molecule has 1 fully saturated rings. The average molecular weight is 588 g/mol. The summed E-state index contributed by atoms with van der Waals surface area (Å²) in [5.41, 5.74) is 4.59. The van der Waals surface area contributed by atoms with Crippen LogP contribution in [0.3, 0.4) is 0 Å². The summed E-state index contributed by atoms with van der Waals surface area (Å²) >= 11 is 4.73. The van der Waals surface area contributed by atoms with Crippen LogP contribution in [0.25, 0.3) is 21.8 Å². The number of ether oxygens (including phenoxy) is 1. The number of aliphatic imine (C=N–C) groups is 1. The number of aromatic nitrogens is 1. The van der Waals surface area contributed by atoms with Crippen LogP contribution < -0.4 is 10.2 Å². The molecule has 3 amide bonds. The molecule has 1 N–H and O–H groups in total. The van der Waals surface area contributed by atoms with E-state index >= 15 is 0 Å². The smallest absolute Gasteiger partial charge is 0.364 e. The van der Waals surface area contributed by atoms with Crippen LogP contribution in [-0.2, 0) is 9.63 Å². The number of benzene rings is 1. The Kier molecular flexibility index (Phi) is 9.78. The second-order valence-electron chi connectivity index (χ2n) is 9.97. The van der Waals surface area contributed by atoms with Gasteiger partial charge in [-0.2, -0.15) is 4.99 Å². The Morgan fingerprint density at radius 3 is 2.69 bits per heavy atom. The number of thiophene rings is 1. The molecule has 1 saturated heterocycles. The summed E-state index contributed by atoms with van der Waals surface area (Å²) in [5.74, 6) is 0.641. The van der Waals surface area contributed by atoms with Crippen LogP contribution in [0.15, 0.2) is 44.9 Å². The van der Waals surface area contributed by atoms with Gasteiger partial charge in [0.25, 0.3) is 5.91 Å². The van der Waals surface area contributed by atoms with Crippen molar-refractivity contribution < 1.29 is 19.2 Å². The number of hydrogen-bond acceptors (Lipinski definition) is 9. The van der Waals surface area contributed by atoms with Gasteiger partial charge >= 0.3 is 6.03 Å². The topological polar surface area (TPSA) is 96.4 Å². The van der Waals surface area contributed by atoms with Crippen molar-refractivity contribution in [3.63, 3.8) is 0 Å². The lowest BCUT2D eigenvalue weighted by molar-refractivity contribution is -0.134. The molecule has 4 rings (SSSR count). The van der Waals surface area contributed by atoms with Crippen molar-refractivity contribution in [2.24, 2.45) is 4.99 Å². The highest BCUT2D eigenvalue weighted by Gasteiger charge is 2.20. The largest absolute Gasteiger partial charge is 0.484 e. The predicted molar refractivity (Wildman–Crippen MR) is 159 cm³/mol. The third-order valence-electron chi connectivity index (χ3n) is 5.74. The summed E-state index contributed by atoms with van der Waals surface area (Å²) in [4.78, 5) is 43.5. The summed E-state index contributed by atoms with van der Waals surface area (Å²) in [6, 6.07) is 9.08. The van der Waals surface area contributed by atoms with Crippen LogP contribution in [-0.4, -0.2) is 84.6 Å². The summed E-state index contributed by atoms with van der Waals surface area (Å²) in [6.07, 6.45) is 3.55. The summed E-state index contributed by atoms with van der Waals surface area (Å²) in [5, 5.41) is 2.89. The third kappa shape index (κ3) is 8.36. The van der Waals surface area contributed by atoms with Crippen LogP contribution in [0, 0.1) is 0 Å². The number of carbonyl (C=O) groups excluding carboxylic acids is 2. The summed E-state index contributed by atoms with van der Waals surface area (Å²) in [7, 11) is 2.06. The minimum absolute atomic E-state index is 0.00468. The molecule has 0 aliphatic carbocycles. The van der Waals surface area contributed by atoms with E-state index in [-0.39, 0.29) is 12.5 Å². The van der Waals surface area contributed by atoms with E-state index in [0.717, 1.165) is 57.1 Å². The number of thiazole rings is 1. The molecule has 0 spiro atoms. The minimum atomic E-state index is -0.561. The fraction of sp³-hybridized carbons (Fsp3) is 0.407. The Bertz CT molecular complexity index is 1320. The number of amides is 3. The van der Waals surface area contributed by atoms with Crippen LogP contribution in [0.2, 0.25) is 0 Å². The van der Waals surface area contributed by atoms with Gasteiger partial charge in [-0.25, -0.2) is 15.3 Å². The van der Waals surface area contributed by atoms with Gasteiger partial charge in [0.05, 0.1) is 15.5 Å². The maximum absolute atomic E-state index is 12.5. The van der Waals surface area contributed by atoms with Crippen molar-refractivity contribution >= 4 is 52.6 Å². The van der Waals surface area contributed by atoms with E-state index < -0.39 is 11.6 Å². The van der Waals surface area contributed by atoms with Gasteiger partial charge < -0.3 is 14.5 Å². The van der Waals surface area contributed by atoms with E-state index in [0.29, 0.717) is 5.75 Å². The number of thioether (sulfide) groups is 1. The van der Waals surface area contributed by atoms with Crippen LogP contribution in [0.5, 0.6) is 5.75 Å². The maximum atomic E-state index is 12.5. The van der Waals surface area contributed by atoms with Gasteiger partial charge in [-0.05, 0) is 52.3 Å². The molecular weight excluding hydrogens is 555 g/mol. The first kappa shape index (κ1) is 29.2. The van der Waals surface area contributed by atoms with Crippen molar-refractivity contribution in [3.05, 3.63) is 40.6 Å². The van der Waals surface area contributed by atoms with Crippen molar-refractivity contribution in [2.75, 3.05) is 46.1 Å². The monoisotopic (exact) mass is 587 g/mol. The fourth-order valence-corrected chi connectivity index (χ4v) is 6.41. The number of nitrogens with one attached hydrogen (secondary N) is 1. The molecule has 0 radical (unpaired) electrons. The Hall–Kier alpha value is -2.77. The first-order valence-electron chi connectivity index (χ1n) is 12.5. The summed E-state index contributed by atoms with van der Waals surface area (Å²) < 4.78 is 6.92. The number of nitrogens with zero attached hydrogens (tertiary/aromatic N) is 4. The zero-order valence-corrected chi connectivity index (χ0v) is 25.2. The quantitative estimate of drug-likeness (QED) is 0.218. The fourth-order valence-electron chi connectivity index (χ4n) is 3.67. The lowest BCUT2D eigenvalue weighted by Crippen LogP contribution is -2.48. The van der Waals surface area contributed by atoms with Crippen molar-refractivity contribution in [1.82, 2.24) is 20.3 Å². The highest BCUT2D eigenvalue weighted by molar-refractivity contribution is 8.00. The first-order chi connectivity index (χ1) is 18.6. The van der Waals surface area contributed by atoms with Gasteiger partial charge in [0.15, 0.2) is 6.61 Å². The Morgan fingerprint density at radius 2 is 1.97 bits per heavy atom. The van der Waals surface area contributed by atoms with Gasteiger partial charge in [-0.1, -0.05) is 12.1 Å². The summed E-state index contributed by atoms with van der Waals surface area (Å²) in [6.45, 7) is 8.77. The van der Waals surface area contributed by atoms with E-state index in [1.807, 2.05) is 67.6 Å². The Morgan fingerprint density at radius 1 is 1.21 bits per heavy atom. The molecule has 208 valence electrons. The van der Waals surface area contributed by atoms with Gasteiger partial charge in [0, 0.05) is 53.8 Å². The van der Waals surface area contributed by atoms with E-state index in [1.165, 1.54) is 6.21 Å². The van der Waals surface area contributed by atoms with Crippen LogP contribution in [0.4, 0.5) is 4.79 Å². The molecule has 0 unspecified atom stereocenters. The number of urea groups is 1. The lowest BCUT2D eigenvalue weighted by Gasteiger charge is -2.32. The average Bonchev–Trinajstić information content (AvgIpc) is 3.57. The number of carbonyl (C=O) groups is 2. The predicted octanol–water partition coefficient (Wildman–Crippen LogP) is 5.27. The number of hydroxylamine groups is 1. The van der Waals surface area contributed by atoms with Gasteiger partial charge in [0.1, 0.15) is 10.8 Å². The van der Waals surface area contributed by atoms with Gasteiger partial charge in [-0.3, -0.25) is 9.63 Å². The molecule has 1 aromatic carbocycles. The maximum Gasteiger partial charge on any atom is 0.364 e. The normalized spacial score (nSPS) is 14.6. The zero-order valence-electron chi connectivity index (χ0n) is 22.7. The van der Waals surface area contributed by atoms with Crippen LogP contribution in [0.1, 0.15) is 25.6 Å². The highest BCUT2D eigenvalue weighted by atomic mass is 32.2. The van der Waals surface area contributed by atoms with Crippen molar-refractivity contribution in [1.29, 1.82) is 0 Å². The van der Waals surface area contributed by atoms with Crippen LogP contribution >= 0.6 is 34.4 Å². The minimum Gasteiger partial charge on any atom is -0.484 e. The number of piperazine rings is 1. The zero-order chi connectivity index (χ0) is 28.0. The molecule has 12 heteroatoms. The van der Waals surface area contributed by atoms with Crippen molar-refractivity contribution in [3.8, 4) is 27.6 Å². The standard InChI is InChI=1S/C27H33N5O4S3/c1-27(2,3)36-30-26(34)28-15-20-14-21(25(37-5)39-20)24-29-22(17-38-24)18-7-6-8-19(13-18)35-16-23(33)32-11-9-31(4)10-12-32/h6-8,13-15,17H,9-12,16H2,1-5H3,(H,30,34). The molecule has 0 atom stereocenters. The molecule has 9 nitrogen and oxygen atoms in total. The molecule has 0 saturated carbocycles. The van der Waals surface area contributed by atoms with E-state index in [2.05, 4.69) is 22.4 Å². The lowest BCUT2D eigenvalue weighted by atomic mass is 10.1. The number of likely N-dealkylation sites (N-methyl/N-ethyl adjacent to an activating group) is 1. The first-order valence-corrected chi connectivity index (χ1v) is 15.4. The molecule has 0 bridgehead atoms. The SMILES string of the molecule is CSc1sc(C=NC(=O)NOC(C)(C)C)cc1-c1nc(-c2cccc(OCC(=O)N3CCN(C)CC3)c2)cs1. The third-order valence-corrected chi connectivity index (χ3v) is 8.82. The van der Waals surface area contributed by atoms with E-state index in [1.54, 1.807) is 34.4 Å². The van der Waals surface area contributed by atoms with E-state index in [4.69, 9.17) is 14.6 Å². The molecule has 3 heterocycles. The Labute approximate surface area is 241 Å². The van der Waals surface area contributed by atoms with Gasteiger partial charge in [-0.15, -0.1) is 34.4 Å². The van der Waals surface area contributed by atoms with Crippen molar-refractivity contribution in [2.45, 2.75) is 30.6 Å². The molecule has 2 aromatic heterocycles. The van der Waals surface area contributed by atoms with E-state index in [9.17, 15) is 9.59 Å². The highest BCUT2D eigenvalue weighted by Crippen LogP contribution is 2.40. The van der Waals surface area contributed by atoms with Gasteiger partial charge in [0.2, 0.25) is 0 Å². The second kappa shape index (κ2) is 13.1. The molecular formula is C27H33N5O4S3.